The molecule has 0 unspecified atom stereocenters. The van der Waals surface area contributed by atoms with Crippen molar-refractivity contribution in [2.45, 2.75) is 25.4 Å². The van der Waals surface area contributed by atoms with Crippen LogP contribution in [0.25, 0.3) is 0 Å². The maximum atomic E-state index is 11.5. The fraction of sp³-hybridized carbons (Fsp3) is 0.417. The highest BCUT2D eigenvalue weighted by atomic mass is 16.5. The number of hydrogen-bond donors (Lipinski definition) is 3. The highest BCUT2D eigenvalue weighted by molar-refractivity contribution is 5.83. The molecule has 0 spiro atoms. The molecule has 2 amide bonds. The highest BCUT2D eigenvalue weighted by Crippen LogP contribution is 2.01. The van der Waals surface area contributed by atoms with Crippen LogP contribution < -0.4 is 10.6 Å². The van der Waals surface area contributed by atoms with Gasteiger partial charge < -0.3 is 24.9 Å². The van der Waals surface area contributed by atoms with Crippen LogP contribution in [0.5, 0.6) is 0 Å². The van der Waals surface area contributed by atoms with E-state index in [0.29, 0.717) is 0 Å². The zero-order chi connectivity index (χ0) is 15.0. The number of carboxylic acid groups (broad SMARTS) is 1. The lowest BCUT2D eigenvalue weighted by molar-refractivity contribution is -0.142. The summed E-state index contributed by atoms with van der Waals surface area (Å²) in [7, 11) is 1.21. The molecule has 1 rings (SSSR count). The van der Waals surface area contributed by atoms with Crippen LogP contribution in [0.2, 0.25) is 0 Å². The smallest absolute Gasteiger partial charge is 0.326 e. The van der Waals surface area contributed by atoms with Crippen molar-refractivity contribution >= 4 is 18.0 Å². The Morgan fingerprint density at radius 1 is 1.45 bits per heavy atom. The molecule has 1 heterocycles. The van der Waals surface area contributed by atoms with Crippen molar-refractivity contribution in [2.75, 3.05) is 7.11 Å². The topological polar surface area (TPSA) is 118 Å². The van der Waals surface area contributed by atoms with Gasteiger partial charge in [-0.05, 0) is 12.5 Å². The van der Waals surface area contributed by atoms with E-state index >= 15 is 0 Å². The molecule has 1 aromatic heterocycles. The van der Waals surface area contributed by atoms with Gasteiger partial charge in [0.25, 0.3) is 0 Å². The summed E-state index contributed by atoms with van der Waals surface area (Å²) in [6.45, 7) is 0.214. The van der Waals surface area contributed by atoms with Crippen LogP contribution in [0, 0.1) is 0 Å². The first-order valence-corrected chi connectivity index (χ1v) is 5.88. The Kier molecular flexibility index (Phi) is 6.08. The largest absolute Gasteiger partial charge is 0.480 e. The second kappa shape index (κ2) is 7.82. The van der Waals surface area contributed by atoms with E-state index in [9.17, 15) is 14.4 Å². The van der Waals surface area contributed by atoms with E-state index < -0.39 is 24.0 Å². The van der Waals surface area contributed by atoms with Crippen molar-refractivity contribution in [1.82, 2.24) is 10.6 Å². The van der Waals surface area contributed by atoms with Crippen molar-refractivity contribution in [2.24, 2.45) is 0 Å². The molecule has 8 nitrogen and oxygen atoms in total. The lowest BCUT2D eigenvalue weighted by Crippen LogP contribution is -2.46. The first-order chi connectivity index (χ1) is 9.52. The van der Waals surface area contributed by atoms with Gasteiger partial charge in [0.15, 0.2) is 0 Å². The van der Waals surface area contributed by atoms with Crippen LogP contribution in [0.4, 0.5) is 4.79 Å². The summed E-state index contributed by atoms with van der Waals surface area (Å²) < 4.78 is 9.24. The third kappa shape index (κ3) is 5.42. The maximum absolute atomic E-state index is 11.5. The number of amides is 2. The molecule has 0 aliphatic rings. The predicted octanol–water partition coefficient (Wildman–Crippen LogP) is 0.485. The molecule has 1 aromatic rings. The van der Waals surface area contributed by atoms with Gasteiger partial charge in [0.1, 0.15) is 6.04 Å². The number of carbonyl (C=O) groups excluding carboxylic acids is 2. The molecule has 0 bridgehead atoms. The number of aliphatic carboxylic acids is 1. The number of carbonyl (C=O) groups is 3. The molecule has 8 heteroatoms. The van der Waals surface area contributed by atoms with Crippen molar-refractivity contribution in [3.63, 3.8) is 0 Å². The van der Waals surface area contributed by atoms with Gasteiger partial charge >= 0.3 is 18.0 Å². The lowest BCUT2D eigenvalue weighted by Gasteiger charge is -2.14. The van der Waals surface area contributed by atoms with Gasteiger partial charge in [-0.15, -0.1) is 0 Å². The molecule has 0 aliphatic carbocycles. The fourth-order valence-electron chi connectivity index (χ4n) is 1.41. The standard InChI is InChI=1S/C12H16N2O6/c1-19-10(15)3-2-9(11(16)17)14-12(18)13-6-8-4-5-20-7-8/h4-5,7,9H,2-3,6H2,1H3,(H,16,17)(H2,13,14,18)/t9-/m0/s1. The average molecular weight is 284 g/mol. The van der Waals surface area contributed by atoms with E-state index in [0.717, 1.165) is 5.56 Å². The number of ether oxygens (including phenoxy) is 1. The molecular formula is C12H16N2O6. The summed E-state index contributed by atoms with van der Waals surface area (Å²) >= 11 is 0. The van der Waals surface area contributed by atoms with E-state index in [4.69, 9.17) is 9.52 Å². The average Bonchev–Trinajstić information content (AvgIpc) is 2.93. The SMILES string of the molecule is COC(=O)CC[C@H](NC(=O)NCc1ccoc1)C(=O)O. The summed E-state index contributed by atoms with van der Waals surface area (Å²) in [5.41, 5.74) is 0.751. The van der Waals surface area contributed by atoms with Crippen LogP contribution >= 0.6 is 0 Å². The lowest BCUT2D eigenvalue weighted by atomic mass is 10.1. The Balaban J connectivity index is 2.38. The molecule has 0 saturated carbocycles. The first-order valence-electron chi connectivity index (χ1n) is 5.88. The van der Waals surface area contributed by atoms with Gasteiger partial charge in [-0.2, -0.15) is 0 Å². The normalized spacial score (nSPS) is 11.4. The van der Waals surface area contributed by atoms with Gasteiger partial charge in [-0.25, -0.2) is 9.59 Å². The first kappa shape index (κ1) is 15.5. The second-order valence-electron chi connectivity index (χ2n) is 3.96. The predicted molar refractivity (Wildman–Crippen MR) is 66.8 cm³/mol. The summed E-state index contributed by atoms with van der Waals surface area (Å²) in [6.07, 6.45) is 2.80. The minimum Gasteiger partial charge on any atom is -0.480 e. The number of esters is 1. The van der Waals surface area contributed by atoms with Crippen LogP contribution in [0.1, 0.15) is 18.4 Å². The van der Waals surface area contributed by atoms with Gasteiger partial charge in [0.05, 0.1) is 19.6 Å². The summed E-state index contributed by atoms with van der Waals surface area (Å²) in [5.74, 6) is -1.75. The molecule has 0 saturated heterocycles. The van der Waals surface area contributed by atoms with Crippen LogP contribution in [0.3, 0.4) is 0 Å². The number of nitrogens with one attached hydrogen (secondary N) is 2. The minimum atomic E-state index is -1.22. The minimum absolute atomic E-state index is 0.0405. The summed E-state index contributed by atoms with van der Waals surface area (Å²) in [4.78, 5) is 33.4. The summed E-state index contributed by atoms with van der Waals surface area (Å²) in [5, 5.41) is 13.7. The number of hydrogen-bond acceptors (Lipinski definition) is 5. The molecular weight excluding hydrogens is 268 g/mol. The van der Waals surface area contributed by atoms with Gasteiger partial charge in [-0.1, -0.05) is 0 Å². The van der Waals surface area contributed by atoms with Crippen LogP contribution in [-0.2, 0) is 20.9 Å². The second-order valence-corrected chi connectivity index (χ2v) is 3.96. The molecule has 3 N–H and O–H groups in total. The number of rotatable bonds is 7. The zero-order valence-corrected chi connectivity index (χ0v) is 10.9. The van der Waals surface area contributed by atoms with Crippen molar-refractivity contribution < 1.29 is 28.6 Å². The number of methoxy groups -OCH3 is 1. The van der Waals surface area contributed by atoms with Gasteiger partial charge in [0, 0.05) is 18.5 Å². The van der Waals surface area contributed by atoms with E-state index in [1.165, 1.54) is 19.6 Å². The van der Waals surface area contributed by atoms with E-state index in [1.54, 1.807) is 6.07 Å². The molecule has 110 valence electrons. The van der Waals surface area contributed by atoms with Gasteiger partial charge in [0.2, 0.25) is 0 Å². The Morgan fingerprint density at radius 2 is 2.20 bits per heavy atom. The van der Waals surface area contributed by atoms with E-state index in [-0.39, 0.29) is 19.4 Å². The zero-order valence-electron chi connectivity index (χ0n) is 10.9. The van der Waals surface area contributed by atoms with Crippen molar-refractivity contribution in [3.8, 4) is 0 Å². The Morgan fingerprint density at radius 3 is 2.75 bits per heavy atom. The monoisotopic (exact) mass is 284 g/mol. The maximum Gasteiger partial charge on any atom is 0.326 e. The van der Waals surface area contributed by atoms with Crippen molar-refractivity contribution in [1.29, 1.82) is 0 Å². The number of furan rings is 1. The van der Waals surface area contributed by atoms with E-state index in [1.807, 2.05) is 0 Å². The Bertz CT molecular complexity index is 457. The molecule has 0 aromatic carbocycles. The third-order valence-electron chi connectivity index (χ3n) is 2.50. The molecule has 0 radical (unpaired) electrons. The highest BCUT2D eigenvalue weighted by Gasteiger charge is 2.21. The number of carboxylic acids is 1. The Labute approximate surface area is 115 Å². The molecule has 0 fully saturated rings. The summed E-state index contributed by atoms with van der Waals surface area (Å²) in [6, 6.07) is -0.117. The molecule has 20 heavy (non-hydrogen) atoms. The Hall–Kier alpha value is -2.51. The van der Waals surface area contributed by atoms with Crippen LogP contribution in [-0.4, -0.2) is 36.2 Å². The quantitative estimate of drug-likeness (QED) is 0.627. The van der Waals surface area contributed by atoms with E-state index in [2.05, 4.69) is 15.4 Å². The number of urea groups is 1. The molecule has 0 aliphatic heterocycles. The van der Waals surface area contributed by atoms with Gasteiger partial charge in [-0.3, -0.25) is 4.79 Å². The van der Waals surface area contributed by atoms with Crippen molar-refractivity contribution in [3.05, 3.63) is 24.2 Å². The van der Waals surface area contributed by atoms with Crippen LogP contribution in [0.15, 0.2) is 23.0 Å². The third-order valence-corrected chi connectivity index (χ3v) is 2.50. The fourth-order valence-corrected chi connectivity index (χ4v) is 1.41. The molecule has 1 atom stereocenters.